The molecule has 166 valence electrons. The largest absolute Gasteiger partial charge is 0.368 e. The molecular weight excluding hydrogens is 440 g/mol. The highest BCUT2D eigenvalue weighted by atomic mass is 35.5. The molecule has 4 rings (SSSR count). The zero-order chi connectivity index (χ0) is 22.7. The van der Waals surface area contributed by atoms with Gasteiger partial charge in [0.05, 0.1) is 5.02 Å². The quantitative estimate of drug-likeness (QED) is 0.634. The highest BCUT2D eigenvalue weighted by Crippen LogP contribution is 2.21. The van der Waals surface area contributed by atoms with E-state index in [1.165, 1.54) is 30.3 Å². The van der Waals surface area contributed by atoms with E-state index in [4.69, 9.17) is 11.6 Å². The van der Waals surface area contributed by atoms with Crippen molar-refractivity contribution >= 4 is 23.2 Å². The van der Waals surface area contributed by atoms with Gasteiger partial charge in [-0.1, -0.05) is 11.6 Å². The summed E-state index contributed by atoms with van der Waals surface area (Å²) in [6.07, 6.45) is 0.291. The Kier molecular flexibility index (Phi) is 6.45. The monoisotopic (exact) mass is 459 g/mol. The molecular formula is C22H20ClF2N5O2. The van der Waals surface area contributed by atoms with Crippen LogP contribution in [-0.2, 0) is 11.2 Å². The number of piperazine rings is 1. The molecule has 7 nitrogen and oxygen atoms in total. The molecule has 1 saturated heterocycles. The summed E-state index contributed by atoms with van der Waals surface area (Å²) in [6, 6.07) is 10.3. The van der Waals surface area contributed by atoms with Crippen molar-refractivity contribution < 1.29 is 13.6 Å². The first-order valence-electron chi connectivity index (χ1n) is 10.1. The minimum Gasteiger partial charge on any atom is -0.368 e. The molecule has 1 aliphatic rings. The van der Waals surface area contributed by atoms with Gasteiger partial charge in [0.25, 0.3) is 5.56 Å². The van der Waals surface area contributed by atoms with Crippen molar-refractivity contribution in [2.24, 2.45) is 0 Å². The molecule has 1 fully saturated rings. The van der Waals surface area contributed by atoms with Crippen molar-refractivity contribution in [3.8, 4) is 11.4 Å². The molecule has 1 N–H and O–H groups in total. The number of aromatic amines is 1. The number of benzene rings is 2. The number of hydrogen-bond acceptors (Lipinski definition) is 5. The third-order valence-electron chi connectivity index (χ3n) is 5.36. The molecule has 0 aliphatic carbocycles. The predicted octanol–water partition coefficient (Wildman–Crippen LogP) is 3.04. The highest BCUT2D eigenvalue weighted by molar-refractivity contribution is 6.31. The van der Waals surface area contributed by atoms with Gasteiger partial charge in [-0.25, -0.2) is 8.78 Å². The molecule has 0 unspecified atom stereocenters. The maximum absolute atomic E-state index is 13.3. The first kappa shape index (κ1) is 21.9. The second-order valence-electron chi connectivity index (χ2n) is 7.42. The molecule has 0 saturated carbocycles. The van der Waals surface area contributed by atoms with Crippen LogP contribution in [0.4, 0.5) is 14.5 Å². The fourth-order valence-electron chi connectivity index (χ4n) is 3.55. The second-order valence-corrected chi connectivity index (χ2v) is 7.83. The topological polar surface area (TPSA) is 82.2 Å². The van der Waals surface area contributed by atoms with E-state index in [1.807, 2.05) is 0 Å². The Morgan fingerprint density at radius 3 is 2.41 bits per heavy atom. The summed E-state index contributed by atoms with van der Waals surface area (Å²) in [6.45, 7) is 2.38. The van der Waals surface area contributed by atoms with E-state index in [1.54, 1.807) is 17.0 Å². The van der Waals surface area contributed by atoms with Crippen LogP contribution in [-0.4, -0.2) is 52.2 Å². The summed E-state index contributed by atoms with van der Waals surface area (Å²) in [7, 11) is 0. The molecule has 3 aromatic rings. The van der Waals surface area contributed by atoms with Gasteiger partial charge in [-0.15, -0.1) is 10.2 Å². The van der Waals surface area contributed by atoms with E-state index < -0.39 is 11.4 Å². The Hall–Kier alpha value is -3.33. The molecule has 0 atom stereocenters. The number of halogens is 3. The lowest BCUT2D eigenvalue weighted by molar-refractivity contribution is -0.131. The van der Waals surface area contributed by atoms with Gasteiger partial charge in [0.2, 0.25) is 5.91 Å². The number of nitrogens with zero attached hydrogens (tertiary/aromatic N) is 4. The molecule has 0 bridgehead atoms. The number of H-pyrrole nitrogens is 1. The number of carbonyl (C=O) groups excluding carboxylic acids is 1. The number of anilines is 1. The van der Waals surface area contributed by atoms with Crippen LogP contribution >= 0.6 is 11.6 Å². The van der Waals surface area contributed by atoms with Crippen molar-refractivity contribution in [2.75, 3.05) is 31.1 Å². The van der Waals surface area contributed by atoms with Crippen LogP contribution in [0.25, 0.3) is 11.4 Å². The normalized spacial score (nSPS) is 14.0. The zero-order valence-corrected chi connectivity index (χ0v) is 17.8. The number of aromatic nitrogens is 3. The third-order valence-corrected chi connectivity index (χ3v) is 5.65. The molecule has 32 heavy (non-hydrogen) atoms. The van der Waals surface area contributed by atoms with E-state index in [2.05, 4.69) is 20.1 Å². The van der Waals surface area contributed by atoms with Gasteiger partial charge in [0, 0.05) is 50.3 Å². The first-order valence-corrected chi connectivity index (χ1v) is 10.5. The van der Waals surface area contributed by atoms with E-state index in [-0.39, 0.29) is 41.1 Å². The average molecular weight is 460 g/mol. The van der Waals surface area contributed by atoms with Crippen LogP contribution in [0, 0.1) is 11.6 Å². The molecule has 10 heteroatoms. The average Bonchev–Trinajstić information content (AvgIpc) is 2.80. The van der Waals surface area contributed by atoms with Crippen LogP contribution in [0.15, 0.2) is 47.3 Å². The number of hydrogen-bond donors (Lipinski definition) is 1. The number of rotatable bonds is 5. The van der Waals surface area contributed by atoms with E-state index in [0.29, 0.717) is 31.7 Å². The molecule has 0 spiro atoms. The molecule has 1 aromatic heterocycles. The van der Waals surface area contributed by atoms with E-state index in [0.717, 1.165) is 5.69 Å². The lowest BCUT2D eigenvalue weighted by atomic mass is 10.2. The van der Waals surface area contributed by atoms with Gasteiger partial charge < -0.3 is 14.8 Å². The van der Waals surface area contributed by atoms with Crippen molar-refractivity contribution in [1.82, 2.24) is 20.1 Å². The Labute approximate surface area is 187 Å². The third kappa shape index (κ3) is 4.94. The van der Waals surface area contributed by atoms with Gasteiger partial charge >= 0.3 is 0 Å². The fraction of sp³-hybridized carbons (Fsp3) is 0.273. The number of carbonyl (C=O) groups is 1. The minimum absolute atomic E-state index is 0.0700. The number of amides is 1. The summed E-state index contributed by atoms with van der Waals surface area (Å²) in [4.78, 5) is 31.4. The lowest BCUT2D eigenvalue weighted by Gasteiger charge is -2.36. The fourth-order valence-corrected chi connectivity index (χ4v) is 3.73. The lowest BCUT2D eigenvalue weighted by Crippen LogP contribution is -2.48. The molecule has 2 heterocycles. The summed E-state index contributed by atoms with van der Waals surface area (Å²) < 4.78 is 26.4. The Bertz CT molecular complexity index is 1180. The Balaban J connectivity index is 1.32. The van der Waals surface area contributed by atoms with Gasteiger partial charge in [-0.05, 0) is 42.5 Å². The molecule has 0 radical (unpaired) electrons. The number of aryl methyl sites for hydroxylation is 1. The minimum atomic E-state index is -0.570. The van der Waals surface area contributed by atoms with Crippen molar-refractivity contribution in [3.63, 3.8) is 0 Å². The van der Waals surface area contributed by atoms with E-state index in [9.17, 15) is 18.4 Å². The predicted molar refractivity (Wildman–Crippen MR) is 117 cm³/mol. The standard InChI is InChI=1S/C22H20ClF2N5O2/c23-17-13-14(1-6-18(17)25)21-26-22(32)19(27-28-21)7-8-20(31)30-11-9-29(10-12-30)16-4-2-15(24)3-5-16/h1-6,13H,7-12H2,(H,26,28,32). The maximum atomic E-state index is 13.3. The summed E-state index contributed by atoms with van der Waals surface area (Å²) in [5.74, 6) is -0.752. The van der Waals surface area contributed by atoms with Gasteiger partial charge in [-0.3, -0.25) is 9.59 Å². The summed E-state index contributed by atoms with van der Waals surface area (Å²) in [5, 5.41) is 7.83. The van der Waals surface area contributed by atoms with Gasteiger partial charge in [0.1, 0.15) is 17.3 Å². The summed E-state index contributed by atoms with van der Waals surface area (Å²) >= 11 is 5.77. The SMILES string of the molecule is O=C(CCc1nnc(-c2ccc(F)c(Cl)c2)[nH]c1=O)N1CCN(c2ccc(F)cc2)CC1. The van der Waals surface area contributed by atoms with Crippen LogP contribution in [0.3, 0.4) is 0 Å². The Morgan fingerprint density at radius 2 is 1.75 bits per heavy atom. The smallest absolute Gasteiger partial charge is 0.273 e. The van der Waals surface area contributed by atoms with Gasteiger partial charge in [0.15, 0.2) is 5.82 Å². The van der Waals surface area contributed by atoms with Crippen LogP contribution in [0.1, 0.15) is 12.1 Å². The molecule has 2 aromatic carbocycles. The first-order chi connectivity index (χ1) is 15.4. The van der Waals surface area contributed by atoms with Crippen LogP contribution < -0.4 is 10.5 Å². The maximum Gasteiger partial charge on any atom is 0.273 e. The van der Waals surface area contributed by atoms with E-state index >= 15 is 0 Å². The van der Waals surface area contributed by atoms with Gasteiger partial charge in [-0.2, -0.15) is 0 Å². The number of nitrogens with one attached hydrogen (secondary N) is 1. The van der Waals surface area contributed by atoms with Crippen molar-refractivity contribution in [1.29, 1.82) is 0 Å². The molecule has 1 aliphatic heterocycles. The molecule has 1 amide bonds. The highest BCUT2D eigenvalue weighted by Gasteiger charge is 2.22. The Morgan fingerprint density at radius 1 is 1.03 bits per heavy atom. The van der Waals surface area contributed by atoms with Crippen molar-refractivity contribution in [3.05, 3.63) is 75.2 Å². The zero-order valence-electron chi connectivity index (χ0n) is 17.0. The summed E-state index contributed by atoms with van der Waals surface area (Å²) in [5.41, 5.74) is 1.05. The second kappa shape index (κ2) is 9.44. The van der Waals surface area contributed by atoms with Crippen molar-refractivity contribution in [2.45, 2.75) is 12.8 Å². The van der Waals surface area contributed by atoms with Crippen LogP contribution in [0.2, 0.25) is 5.02 Å². The van der Waals surface area contributed by atoms with Crippen LogP contribution in [0.5, 0.6) is 0 Å².